The molecule has 5 rings (SSSR count). The van der Waals surface area contributed by atoms with Crippen molar-refractivity contribution in [2.45, 2.75) is 31.8 Å². The fraction of sp³-hybridized carbons (Fsp3) is 0.147. The Morgan fingerprint density at radius 3 is 1.62 bits per heavy atom. The number of halogens is 2. The number of nitrogens with two attached hydrogens (primary N) is 2. The predicted molar refractivity (Wildman–Crippen MR) is 173 cm³/mol. The summed E-state index contributed by atoms with van der Waals surface area (Å²) in [6, 6.07) is 34.4. The normalized spacial score (nSPS) is 11.3. The van der Waals surface area contributed by atoms with Crippen LogP contribution in [-0.2, 0) is 10.2 Å². The number of nitrogen functional groups attached to an aromatic ring is 2. The van der Waals surface area contributed by atoms with Gasteiger partial charge in [0.15, 0.2) is 5.69 Å². The summed E-state index contributed by atoms with van der Waals surface area (Å²) in [5.41, 5.74) is 16.0. The van der Waals surface area contributed by atoms with E-state index in [1.54, 1.807) is 39.1 Å². The topological polar surface area (TPSA) is 104 Å². The zero-order chi connectivity index (χ0) is 30.3. The van der Waals surface area contributed by atoms with Crippen molar-refractivity contribution in [3.05, 3.63) is 153 Å². The Morgan fingerprint density at radius 2 is 1.21 bits per heavy atom. The average molecular weight is 644 g/mol. The Morgan fingerprint density at radius 1 is 0.738 bits per heavy atom. The largest absolute Gasteiger partial charge is 0.455 e. The lowest BCUT2D eigenvalue weighted by molar-refractivity contribution is 0.00642. The summed E-state index contributed by atoms with van der Waals surface area (Å²) in [6.45, 7) is 5.37. The van der Waals surface area contributed by atoms with Crippen molar-refractivity contribution in [2.24, 2.45) is 0 Å². The van der Waals surface area contributed by atoms with Crippen molar-refractivity contribution < 1.29 is 9.53 Å². The fourth-order valence-corrected chi connectivity index (χ4v) is 5.21. The number of esters is 1. The third kappa shape index (κ3) is 6.98. The molecule has 5 aromatic rings. The third-order valence-electron chi connectivity index (χ3n) is 6.34. The van der Waals surface area contributed by atoms with Gasteiger partial charge in [0.2, 0.25) is 0 Å². The van der Waals surface area contributed by atoms with Crippen molar-refractivity contribution in [1.29, 1.82) is 0 Å². The van der Waals surface area contributed by atoms with Crippen molar-refractivity contribution in [3.63, 3.8) is 0 Å². The van der Waals surface area contributed by atoms with E-state index in [0.29, 0.717) is 16.4 Å². The molecule has 0 amide bonds. The molecule has 0 unspecified atom stereocenters. The lowest BCUT2D eigenvalue weighted by atomic mass is 9.66. The van der Waals surface area contributed by atoms with Gasteiger partial charge in [-0.15, -0.1) is 0 Å². The van der Waals surface area contributed by atoms with Crippen LogP contribution in [0.5, 0.6) is 0 Å². The van der Waals surface area contributed by atoms with Gasteiger partial charge in [0, 0.05) is 16.9 Å². The number of nitrogens with zero attached hydrogens (tertiary/aromatic N) is 2. The number of aromatic nitrogens is 2. The van der Waals surface area contributed by atoms with Gasteiger partial charge < -0.3 is 16.2 Å². The number of ether oxygens (including phenoxy) is 1. The highest BCUT2D eigenvalue weighted by Crippen LogP contribution is 2.46. The molecule has 0 saturated carbocycles. The molecule has 0 radical (unpaired) electrons. The highest BCUT2D eigenvalue weighted by molar-refractivity contribution is 9.10. The number of benzene rings is 3. The van der Waals surface area contributed by atoms with E-state index >= 15 is 0 Å². The summed E-state index contributed by atoms with van der Waals surface area (Å²) in [4.78, 5) is 20.3. The molecule has 0 aliphatic heterocycles. The van der Waals surface area contributed by atoms with Gasteiger partial charge in [0.1, 0.15) is 5.60 Å². The van der Waals surface area contributed by atoms with E-state index in [9.17, 15) is 4.79 Å². The molecule has 6 nitrogen and oxygen atoms in total. The maximum atomic E-state index is 11.6. The number of anilines is 2. The van der Waals surface area contributed by atoms with Crippen LogP contribution in [0.3, 0.4) is 0 Å². The monoisotopic (exact) mass is 642 g/mol. The molecule has 2 heterocycles. The third-order valence-corrected chi connectivity index (χ3v) is 6.98. The first-order valence-corrected chi connectivity index (χ1v) is 14.4. The van der Waals surface area contributed by atoms with Gasteiger partial charge in [-0.05, 0) is 65.5 Å². The van der Waals surface area contributed by atoms with Crippen LogP contribution in [0, 0.1) is 0 Å². The molecule has 0 aliphatic carbocycles. The van der Waals surface area contributed by atoms with Gasteiger partial charge in [0.05, 0.1) is 27.5 Å². The molecule has 42 heavy (non-hydrogen) atoms. The van der Waals surface area contributed by atoms with E-state index in [0.717, 1.165) is 26.9 Å². The van der Waals surface area contributed by atoms with Gasteiger partial charge >= 0.3 is 5.97 Å². The molecule has 0 bridgehead atoms. The summed E-state index contributed by atoms with van der Waals surface area (Å²) in [7, 11) is 0. The minimum atomic E-state index is -0.640. The summed E-state index contributed by atoms with van der Waals surface area (Å²) in [6.07, 6.45) is 3.17. The first-order valence-electron chi connectivity index (χ1n) is 13.2. The zero-order valence-electron chi connectivity index (χ0n) is 23.6. The van der Waals surface area contributed by atoms with Gasteiger partial charge in [-0.2, -0.15) is 0 Å². The minimum absolute atomic E-state index is 0.146. The quantitative estimate of drug-likeness (QED) is 0.148. The van der Waals surface area contributed by atoms with E-state index < -0.39 is 17.0 Å². The van der Waals surface area contributed by atoms with Crippen LogP contribution in [0.25, 0.3) is 0 Å². The second-order valence-corrected chi connectivity index (χ2v) is 11.9. The minimum Gasteiger partial charge on any atom is -0.455 e. The van der Waals surface area contributed by atoms with E-state index in [1.807, 2.05) is 54.6 Å². The molecule has 8 heteroatoms. The Balaban J connectivity index is 0.000000230. The smallest absolute Gasteiger partial charge is 0.359 e. The molecule has 214 valence electrons. The number of rotatable bonds is 5. The summed E-state index contributed by atoms with van der Waals surface area (Å²) in [5.74, 6) is -0.507. The standard InChI is InChI=1S/C24H19ClN2.C10H13BrN2O2/c25-21-16-22(26)23(27-17-21)24(18-10-4-1-5-11-18,19-12-6-2-7-13-19)20-14-8-3-9-15-20;1-10(2,3)15-9(14)8-7(12)4-6(11)5-13-8/h1-17H,26H2;4-5H,12H2,1-3H3. The molecule has 0 saturated heterocycles. The molecule has 3 aromatic carbocycles. The average Bonchev–Trinajstić information content (AvgIpc) is 2.95. The Hall–Kier alpha value is -4.20. The van der Waals surface area contributed by atoms with Crippen molar-refractivity contribution in [3.8, 4) is 0 Å². The molecular formula is C34H32BrClN4O2. The van der Waals surface area contributed by atoms with Crippen LogP contribution < -0.4 is 11.5 Å². The van der Waals surface area contributed by atoms with Crippen molar-refractivity contribution >= 4 is 44.9 Å². The van der Waals surface area contributed by atoms with Crippen LogP contribution in [-0.4, -0.2) is 21.5 Å². The molecule has 0 spiro atoms. The molecule has 0 atom stereocenters. The lowest BCUT2D eigenvalue weighted by Gasteiger charge is -2.36. The number of pyridine rings is 2. The molecule has 0 fully saturated rings. The van der Waals surface area contributed by atoms with Gasteiger partial charge in [-0.3, -0.25) is 4.98 Å². The highest BCUT2D eigenvalue weighted by Gasteiger charge is 2.41. The summed E-state index contributed by atoms with van der Waals surface area (Å²) >= 11 is 9.37. The van der Waals surface area contributed by atoms with Crippen molar-refractivity contribution in [1.82, 2.24) is 9.97 Å². The van der Waals surface area contributed by atoms with Crippen molar-refractivity contribution in [2.75, 3.05) is 11.5 Å². The second kappa shape index (κ2) is 13.2. The molecule has 2 aromatic heterocycles. The highest BCUT2D eigenvalue weighted by atomic mass is 79.9. The number of carbonyl (C=O) groups is 1. The Labute approximate surface area is 259 Å². The lowest BCUT2D eigenvalue weighted by Crippen LogP contribution is -2.33. The Bertz CT molecular complexity index is 1550. The summed E-state index contributed by atoms with van der Waals surface area (Å²) in [5, 5.41) is 0.527. The van der Waals surface area contributed by atoms with Gasteiger partial charge in [-0.25, -0.2) is 9.78 Å². The number of hydrogen-bond acceptors (Lipinski definition) is 6. The maximum absolute atomic E-state index is 11.6. The molecular weight excluding hydrogens is 612 g/mol. The number of carbonyl (C=O) groups excluding carboxylic acids is 1. The van der Waals surface area contributed by atoms with E-state index in [1.165, 1.54) is 6.20 Å². The number of hydrogen-bond donors (Lipinski definition) is 2. The van der Waals surface area contributed by atoms with Gasteiger partial charge in [0.25, 0.3) is 0 Å². The van der Waals surface area contributed by atoms with Crippen LogP contribution in [0.1, 0.15) is 53.6 Å². The molecule has 4 N–H and O–H groups in total. The predicted octanol–water partition coefficient (Wildman–Crippen LogP) is 8.08. The fourth-order valence-electron chi connectivity index (χ4n) is 4.69. The first kappa shape index (κ1) is 30.8. The van der Waals surface area contributed by atoms with Crippen LogP contribution in [0.2, 0.25) is 5.02 Å². The summed E-state index contributed by atoms with van der Waals surface area (Å²) < 4.78 is 5.88. The SMILES string of the molecule is CC(C)(C)OC(=O)c1ncc(Br)cc1N.Nc1cc(Cl)cnc1C(c1ccccc1)(c1ccccc1)c1ccccc1. The van der Waals surface area contributed by atoms with E-state index in [4.69, 9.17) is 32.8 Å². The first-order chi connectivity index (χ1) is 20.0. The second-order valence-electron chi connectivity index (χ2n) is 10.5. The van der Waals surface area contributed by atoms with E-state index in [2.05, 4.69) is 57.3 Å². The Kier molecular flexibility index (Phi) is 9.66. The van der Waals surface area contributed by atoms with Gasteiger partial charge in [-0.1, -0.05) is 103 Å². The van der Waals surface area contributed by atoms with E-state index in [-0.39, 0.29) is 5.69 Å². The zero-order valence-corrected chi connectivity index (χ0v) is 25.9. The van der Waals surface area contributed by atoms with Crippen LogP contribution >= 0.6 is 27.5 Å². The maximum Gasteiger partial charge on any atom is 0.359 e. The van der Waals surface area contributed by atoms with Crippen LogP contribution in [0.4, 0.5) is 11.4 Å². The van der Waals surface area contributed by atoms with Crippen LogP contribution in [0.15, 0.2) is 120 Å². The molecule has 0 aliphatic rings.